The molecule has 29 heavy (non-hydrogen) atoms. The molecule has 4 rings (SSSR count). The van der Waals surface area contributed by atoms with E-state index in [1.54, 1.807) is 37.0 Å². The average molecular weight is 390 g/mol. The first-order chi connectivity index (χ1) is 14.0. The number of ether oxygens (including phenoxy) is 1. The molecule has 0 aliphatic carbocycles. The summed E-state index contributed by atoms with van der Waals surface area (Å²) in [5, 5.41) is 7.69. The lowest BCUT2D eigenvalue weighted by atomic mass is 10.0. The summed E-state index contributed by atoms with van der Waals surface area (Å²) in [6, 6.07) is 15.2. The van der Waals surface area contributed by atoms with Gasteiger partial charge in [-0.25, -0.2) is 9.37 Å². The first kappa shape index (κ1) is 18.6. The number of carbonyl (C=O) groups is 1. The Morgan fingerprint density at radius 3 is 2.69 bits per heavy atom. The molecule has 0 saturated carbocycles. The summed E-state index contributed by atoms with van der Waals surface area (Å²) in [6.07, 6.45) is 0. The molecule has 0 saturated heterocycles. The largest absolute Gasteiger partial charge is 0.497 e. The molecule has 0 bridgehead atoms. The van der Waals surface area contributed by atoms with Gasteiger partial charge in [-0.05, 0) is 37.3 Å². The van der Waals surface area contributed by atoms with Crippen molar-refractivity contribution < 1.29 is 13.9 Å². The second-order valence-electron chi connectivity index (χ2n) is 6.63. The number of methoxy groups -OCH3 is 1. The highest BCUT2D eigenvalue weighted by Crippen LogP contribution is 2.29. The minimum absolute atomic E-state index is 0.118. The normalized spacial score (nSPS) is 10.9. The number of hydrogen-bond donors (Lipinski definition) is 1. The van der Waals surface area contributed by atoms with Crippen LogP contribution < -0.4 is 10.1 Å². The first-order valence-electron chi connectivity index (χ1n) is 9.02. The van der Waals surface area contributed by atoms with Gasteiger partial charge in [-0.3, -0.25) is 9.48 Å². The molecule has 2 heterocycles. The molecule has 146 valence electrons. The third-order valence-corrected chi connectivity index (χ3v) is 4.70. The predicted octanol–water partition coefficient (Wildman–Crippen LogP) is 4.34. The Labute approximate surface area is 167 Å². The minimum Gasteiger partial charge on any atom is -0.497 e. The van der Waals surface area contributed by atoms with Crippen molar-refractivity contribution in [1.82, 2.24) is 14.8 Å². The number of fused-ring (bicyclic) bond motifs is 1. The quantitative estimate of drug-likeness (QED) is 0.563. The Morgan fingerprint density at radius 1 is 1.14 bits per heavy atom. The molecule has 0 spiro atoms. The van der Waals surface area contributed by atoms with E-state index in [1.165, 1.54) is 12.1 Å². The summed E-state index contributed by atoms with van der Waals surface area (Å²) < 4.78 is 21.0. The molecule has 2 aromatic carbocycles. The van der Waals surface area contributed by atoms with Gasteiger partial charge in [-0.1, -0.05) is 24.3 Å². The van der Waals surface area contributed by atoms with E-state index >= 15 is 0 Å². The number of halogens is 1. The topological polar surface area (TPSA) is 69.0 Å². The Hall–Kier alpha value is -3.74. The number of carbonyl (C=O) groups excluding carboxylic acids is 1. The van der Waals surface area contributed by atoms with Crippen LogP contribution in [0.15, 0.2) is 54.6 Å². The Bertz CT molecular complexity index is 1230. The van der Waals surface area contributed by atoms with Gasteiger partial charge >= 0.3 is 0 Å². The number of amides is 1. The lowest BCUT2D eigenvalue weighted by Crippen LogP contribution is -2.14. The van der Waals surface area contributed by atoms with Crippen LogP contribution >= 0.6 is 0 Å². The van der Waals surface area contributed by atoms with Crippen LogP contribution in [0.2, 0.25) is 0 Å². The van der Waals surface area contributed by atoms with Crippen LogP contribution in [0.1, 0.15) is 16.1 Å². The molecule has 0 aliphatic rings. The lowest BCUT2D eigenvalue weighted by Gasteiger charge is -2.10. The number of aromatic nitrogens is 3. The smallest absolute Gasteiger partial charge is 0.256 e. The van der Waals surface area contributed by atoms with Crippen molar-refractivity contribution in [2.75, 3.05) is 12.4 Å². The van der Waals surface area contributed by atoms with Crippen LogP contribution in [0, 0.1) is 12.7 Å². The standard InChI is InChI=1S/C22H19FN4O2/c1-13-20-16(22(28)25-18-10-5-4-9-17(18)23)12-19(24-21(20)27(2)26-13)14-7-6-8-15(11-14)29-3/h4-12H,1-3H3,(H,25,28). The third-order valence-electron chi connectivity index (χ3n) is 4.70. The summed E-state index contributed by atoms with van der Waals surface area (Å²) in [7, 11) is 3.36. The molecule has 0 aliphatic heterocycles. The number of para-hydroxylation sites is 1. The van der Waals surface area contributed by atoms with Crippen LogP contribution in [0.5, 0.6) is 5.75 Å². The molecule has 4 aromatic rings. The maximum atomic E-state index is 14.0. The Kier molecular flexibility index (Phi) is 4.72. The fourth-order valence-corrected chi connectivity index (χ4v) is 3.31. The van der Waals surface area contributed by atoms with Gasteiger partial charge in [-0.15, -0.1) is 0 Å². The van der Waals surface area contributed by atoms with Crippen LogP contribution in [0.4, 0.5) is 10.1 Å². The number of aryl methyl sites for hydroxylation is 2. The third kappa shape index (κ3) is 3.42. The molecule has 1 N–H and O–H groups in total. The van der Waals surface area contributed by atoms with Crippen molar-refractivity contribution >= 4 is 22.6 Å². The van der Waals surface area contributed by atoms with Gasteiger partial charge < -0.3 is 10.1 Å². The number of pyridine rings is 1. The van der Waals surface area contributed by atoms with Crippen molar-refractivity contribution in [3.8, 4) is 17.0 Å². The number of hydrogen-bond acceptors (Lipinski definition) is 4. The highest BCUT2D eigenvalue weighted by atomic mass is 19.1. The van der Waals surface area contributed by atoms with Gasteiger partial charge in [0.25, 0.3) is 5.91 Å². The minimum atomic E-state index is -0.498. The van der Waals surface area contributed by atoms with Crippen molar-refractivity contribution in [2.45, 2.75) is 6.92 Å². The van der Waals surface area contributed by atoms with E-state index in [-0.39, 0.29) is 5.69 Å². The first-order valence-corrected chi connectivity index (χ1v) is 9.02. The number of anilines is 1. The number of nitrogens with one attached hydrogen (secondary N) is 1. The molecular formula is C22H19FN4O2. The molecule has 6 nitrogen and oxygen atoms in total. The van der Waals surface area contributed by atoms with Gasteiger partial charge in [0, 0.05) is 12.6 Å². The van der Waals surface area contributed by atoms with E-state index in [2.05, 4.69) is 10.4 Å². The van der Waals surface area contributed by atoms with Crippen LogP contribution in [0.25, 0.3) is 22.3 Å². The fourth-order valence-electron chi connectivity index (χ4n) is 3.31. The second kappa shape index (κ2) is 7.35. The molecule has 0 atom stereocenters. The van der Waals surface area contributed by atoms with Gasteiger partial charge in [0.05, 0.1) is 35.1 Å². The van der Waals surface area contributed by atoms with Gasteiger partial charge in [0.2, 0.25) is 0 Å². The van der Waals surface area contributed by atoms with Gasteiger partial charge in [0.15, 0.2) is 5.65 Å². The van der Waals surface area contributed by atoms with E-state index < -0.39 is 11.7 Å². The highest BCUT2D eigenvalue weighted by Gasteiger charge is 2.20. The average Bonchev–Trinajstić information content (AvgIpc) is 3.02. The van der Waals surface area contributed by atoms with E-state index in [0.29, 0.717) is 33.7 Å². The predicted molar refractivity (Wildman–Crippen MR) is 110 cm³/mol. The fraction of sp³-hybridized carbons (Fsp3) is 0.136. The zero-order valence-electron chi connectivity index (χ0n) is 16.2. The summed E-state index contributed by atoms with van der Waals surface area (Å²) in [5.41, 5.74) is 3.13. The van der Waals surface area contributed by atoms with Crippen LogP contribution in [0.3, 0.4) is 0 Å². The van der Waals surface area contributed by atoms with E-state index in [1.807, 2.05) is 31.2 Å². The second-order valence-corrected chi connectivity index (χ2v) is 6.63. The van der Waals surface area contributed by atoms with Crippen LogP contribution in [-0.2, 0) is 7.05 Å². The summed E-state index contributed by atoms with van der Waals surface area (Å²) in [6.45, 7) is 1.81. The maximum absolute atomic E-state index is 14.0. The Morgan fingerprint density at radius 2 is 1.93 bits per heavy atom. The SMILES string of the molecule is COc1cccc(-c2cc(C(=O)Nc3ccccc3F)c3c(C)nn(C)c3n2)c1. The number of benzene rings is 2. The van der Waals surface area contributed by atoms with Crippen molar-refractivity contribution in [3.63, 3.8) is 0 Å². The molecular weight excluding hydrogens is 371 g/mol. The van der Waals surface area contributed by atoms with E-state index in [4.69, 9.17) is 9.72 Å². The molecule has 1 amide bonds. The van der Waals surface area contributed by atoms with Crippen LogP contribution in [-0.4, -0.2) is 27.8 Å². The molecule has 0 radical (unpaired) electrons. The summed E-state index contributed by atoms with van der Waals surface area (Å²) in [5.74, 6) is -0.243. The molecule has 7 heteroatoms. The van der Waals surface area contributed by atoms with E-state index in [0.717, 1.165) is 5.56 Å². The van der Waals surface area contributed by atoms with Crippen molar-refractivity contribution in [2.24, 2.45) is 7.05 Å². The highest BCUT2D eigenvalue weighted by molar-refractivity contribution is 6.13. The van der Waals surface area contributed by atoms with Crippen molar-refractivity contribution in [1.29, 1.82) is 0 Å². The molecule has 2 aromatic heterocycles. The van der Waals surface area contributed by atoms with Crippen molar-refractivity contribution in [3.05, 3.63) is 71.7 Å². The summed E-state index contributed by atoms with van der Waals surface area (Å²) >= 11 is 0. The number of rotatable bonds is 4. The zero-order chi connectivity index (χ0) is 20.5. The zero-order valence-corrected chi connectivity index (χ0v) is 16.2. The maximum Gasteiger partial charge on any atom is 0.256 e. The van der Waals surface area contributed by atoms with Gasteiger partial charge in [0.1, 0.15) is 11.6 Å². The lowest BCUT2D eigenvalue weighted by molar-refractivity contribution is 0.102. The molecule has 0 unspecified atom stereocenters. The molecule has 0 fully saturated rings. The van der Waals surface area contributed by atoms with Gasteiger partial charge in [-0.2, -0.15) is 5.10 Å². The summed E-state index contributed by atoms with van der Waals surface area (Å²) in [4.78, 5) is 17.8. The Balaban J connectivity index is 1.87. The number of nitrogens with zero attached hydrogens (tertiary/aromatic N) is 3. The monoisotopic (exact) mass is 390 g/mol. The van der Waals surface area contributed by atoms with E-state index in [9.17, 15) is 9.18 Å².